The van der Waals surface area contributed by atoms with Crippen LogP contribution in [-0.4, -0.2) is 11.4 Å². The Bertz CT molecular complexity index is 1850. The minimum absolute atomic E-state index is 0.241. The quantitative estimate of drug-likeness (QED) is 0.132. The van der Waals surface area contributed by atoms with E-state index in [0.29, 0.717) is 0 Å². The molecule has 5 aromatic rings. The average molecular weight is 624 g/mol. The second-order valence-corrected chi connectivity index (χ2v) is 12.2. The molecule has 222 valence electrons. The number of nitrogens with zero attached hydrogens (tertiary/aromatic N) is 2. The highest BCUT2D eigenvalue weighted by Crippen LogP contribution is 2.51. The van der Waals surface area contributed by atoms with E-state index in [0.717, 1.165) is 28.4 Å². The van der Waals surface area contributed by atoms with Gasteiger partial charge in [0, 0.05) is 36.7 Å². The van der Waals surface area contributed by atoms with Gasteiger partial charge in [-0.05, 0) is 91.0 Å². The van der Waals surface area contributed by atoms with Crippen LogP contribution in [-0.2, 0) is 0 Å². The van der Waals surface area contributed by atoms with Gasteiger partial charge in [-0.1, -0.05) is 85.9 Å². The highest BCUT2D eigenvalue weighted by Gasteiger charge is 2.26. The molecule has 0 saturated heterocycles. The number of nitrogen functional groups attached to an aromatic ring is 1. The number of anilines is 6. The van der Waals surface area contributed by atoms with Crippen LogP contribution < -0.4 is 15.5 Å². The highest BCUT2D eigenvalue weighted by molar-refractivity contribution is 8.00. The molecule has 5 nitrogen and oxygen atoms in total. The Labute approximate surface area is 273 Å². The summed E-state index contributed by atoms with van der Waals surface area (Å²) in [6.07, 6.45) is 5.35. The molecule has 2 heterocycles. The standard InChI is InChI=1S/C18H13N3S.C18H14N2S.C2H6/c19-13-10-9-12(11-14(13)20)21-15-5-1-3-7-17(15)22-18-8-4-2-6-16(18)21;19-13-9-11-14(12-10-13)20-15-5-1-3-7-17(15)21-18-8-4-2-6-16(18)20;1-2/h1-11,19-20H;1-12H,19H2;1-2H3. The third-order valence-electron chi connectivity index (χ3n) is 7.28. The van der Waals surface area contributed by atoms with Gasteiger partial charge in [0.1, 0.15) is 0 Å². The van der Waals surface area contributed by atoms with Gasteiger partial charge in [-0.3, -0.25) is 10.8 Å². The summed E-state index contributed by atoms with van der Waals surface area (Å²) in [6, 6.07) is 41.6. The van der Waals surface area contributed by atoms with E-state index < -0.39 is 0 Å². The molecule has 0 amide bonds. The van der Waals surface area contributed by atoms with Crippen LogP contribution in [0, 0.1) is 10.8 Å². The van der Waals surface area contributed by atoms with Gasteiger partial charge in [0.15, 0.2) is 0 Å². The number of allylic oxidation sites excluding steroid dienone is 3. The number of nitrogens with one attached hydrogen (secondary N) is 2. The van der Waals surface area contributed by atoms with E-state index >= 15 is 0 Å². The lowest BCUT2D eigenvalue weighted by molar-refractivity contribution is 1.12. The Morgan fingerprint density at radius 1 is 0.489 bits per heavy atom. The maximum Gasteiger partial charge on any atom is 0.0810 e. The summed E-state index contributed by atoms with van der Waals surface area (Å²) >= 11 is 3.58. The zero-order chi connectivity index (χ0) is 31.3. The molecule has 5 aromatic carbocycles. The molecular weight excluding hydrogens is 591 g/mol. The SMILES string of the molecule is CC.N=C1C=CC(N2c3ccccc3Sc3ccccc32)=CC1=N.Nc1ccc(N2c3ccccc3Sc3ccccc32)cc1. The predicted octanol–water partition coefficient (Wildman–Crippen LogP) is 11.0. The molecule has 0 unspecified atom stereocenters. The van der Waals surface area contributed by atoms with Gasteiger partial charge in [0.25, 0.3) is 0 Å². The smallest absolute Gasteiger partial charge is 0.0810 e. The normalized spacial score (nSPS) is 14.0. The molecule has 0 bridgehead atoms. The second kappa shape index (κ2) is 13.3. The maximum atomic E-state index is 7.93. The van der Waals surface area contributed by atoms with Crippen LogP contribution in [0.25, 0.3) is 0 Å². The Kier molecular flexibility index (Phi) is 8.91. The topological polar surface area (TPSA) is 80.2 Å². The second-order valence-electron chi connectivity index (χ2n) is 10.1. The van der Waals surface area contributed by atoms with Gasteiger partial charge in [0.2, 0.25) is 0 Å². The summed E-state index contributed by atoms with van der Waals surface area (Å²) in [7, 11) is 0. The van der Waals surface area contributed by atoms with Crippen molar-refractivity contribution < 1.29 is 0 Å². The zero-order valence-corrected chi connectivity index (χ0v) is 26.7. The first kappa shape index (κ1) is 30.1. The fourth-order valence-electron chi connectivity index (χ4n) is 5.26. The third-order valence-corrected chi connectivity index (χ3v) is 9.54. The van der Waals surface area contributed by atoms with E-state index in [1.165, 1.54) is 31.0 Å². The van der Waals surface area contributed by atoms with Gasteiger partial charge >= 0.3 is 0 Å². The molecule has 7 heteroatoms. The molecular formula is C38H33N5S2. The number of para-hydroxylation sites is 4. The molecule has 0 fully saturated rings. The fourth-order valence-corrected chi connectivity index (χ4v) is 7.38. The van der Waals surface area contributed by atoms with E-state index in [4.69, 9.17) is 16.6 Å². The Morgan fingerprint density at radius 3 is 1.31 bits per heavy atom. The summed E-state index contributed by atoms with van der Waals surface area (Å²) in [5, 5.41) is 15.6. The van der Waals surface area contributed by atoms with E-state index in [-0.39, 0.29) is 11.4 Å². The lowest BCUT2D eigenvalue weighted by atomic mass is 10.1. The molecule has 0 spiro atoms. The minimum Gasteiger partial charge on any atom is -0.399 e. The lowest BCUT2D eigenvalue weighted by Crippen LogP contribution is -2.23. The van der Waals surface area contributed by atoms with E-state index in [1.807, 2.05) is 68.1 Å². The van der Waals surface area contributed by atoms with Crippen molar-refractivity contribution in [2.75, 3.05) is 15.5 Å². The van der Waals surface area contributed by atoms with Crippen molar-refractivity contribution in [2.24, 2.45) is 0 Å². The van der Waals surface area contributed by atoms with Gasteiger partial charge in [0.05, 0.1) is 34.2 Å². The third kappa shape index (κ3) is 6.05. The summed E-state index contributed by atoms with van der Waals surface area (Å²) in [6.45, 7) is 4.00. The van der Waals surface area contributed by atoms with Crippen LogP contribution in [0.1, 0.15) is 13.8 Å². The largest absolute Gasteiger partial charge is 0.399 e. The van der Waals surface area contributed by atoms with Crippen LogP contribution >= 0.6 is 23.5 Å². The van der Waals surface area contributed by atoms with Crippen molar-refractivity contribution in [1.82, 2.24) is 0 Å². The van der Waals surface area contributed by atoms with Crippen molar-refractivity contribution in [2.45, 2.75) is 33.4 Å². The Hall–Kier alpha value is -4.98. The maximum absolute atomic E-state index is 7.93. The molecule has 45 heavy (non-hydrogen) atoms. The number of fused-ring (bicyclic) bond motifs is 4. The first-order chi connectivity index (χ1) is 22.1. The Morgan fingerprint density at radius 2 is 0.889 bits per heavy atom. The molecule has 0 atom stereocenters. The van der Waals surface area contributed by atoms with Gasteiger partial charge < -0.3 is 15.5 Å². The number of hydrogen-bond donors (Lipinski definition) is 3. The zero-order valence-electron chi connectivity index (χ0n) is 25.1. The summed E-state index contributed by atoms with van der Waals surface area (Å²) in [5.74, 6) is 0. The first-order valence-corrected chi connectivity index (χ1v) is 16.4. The number of rotatable bonds is 2. The van der Waals surface area contributed by atoms with Crippen LogP contribution in [0.15, 0.2) is 165 Å². The summed E-state index contributed by atoms with van der Waals surface area (Å²) in [5.41, 5.74) is 13.8. The number of hydrogen-bond acceptors (Lipinski definition) is 7. The summed E-state index contributed by atoms with van der Waals surface area (Å²) in [4.78, 5) is 9.39. The van der Waals surface area contributed by atoms with Gasteiger partial charge in [-0.2, -0.15) is 0 Å². The minimum atomic E-state index is 0.241. The first-order valence-electron chi connectivity index (χ1n) is 14.8. The van der Waals surface area contributed by atoms with Crippen molar-refractivity contribution in [3.8, 4) is 0 Å². The van der Waals surface area contributed by atoms with Crippen molar-refractivity contribution in [1.29, 1.82) is 10.8 Å². The van der Waals surface area contributed by atoms with Crippen LogP contribution in [0.3, 0.4) is 0 Å². The molecule has 0 saturated carbocycles. The van der Waals surface area contributed by atoms with Crippen LogP contribution in [0.4, 0.5) is 34.1 Å². The lowest BCUT2D eigenvalue weighted by Gasteiger charge is -2.34. The van der Waals surface area contributed by atoms with Gasteiger partial charge in [-0.15, -0.1) is 0 Å². The molecule has 8 rings (SSSR count). The van der Waals surface area contributed by atoms with E-state index in [9.17, 15) is 0 Å². The van der Waals surface area contributed by atoms with Crippen molar-refractivity contribution >= 4 is 69.1 Å². The average Bonchev–Trinajstić information content (AvgIpc) is 3.09. The molecule has 1 aliphatic carbocycles. The highest BCUT2D eigenvalue weighted by atomic mass is 32.2. The Balaban J connectivity index is 0.000000151. The molecule has 0 aromatic heterocycles. The summed E-state index contributed by atoms with van der Waals surface area (Å²) < 4.78 is 0. The molecule has 3 aliphatic rings. The predicted molar refractivity (Wildman–Crippen MR) is 193 cm³/mol. The monoisotopic (exact) mass is 623 g/mol. The van der Waals surface area contributed by atoms with Gasteiger partial charge in [-0.25, -0.2) is 0 Å². The van der Waals surface area contributed by atoms with E-state index in [1.54, 1.807) is 23.9 Å². The van der Waals surface area contributed by atoms with Crippen molar-refractivity contribution in [3.63, 3.8) is 0 Å². The fraction of sp³-hybridized carbons (Fsp3) is 0.0526. The van der Waals surface area contributed by atoms with Crippen molar-refractivity contribution in [3.05, 3.63) is 145 Å². The van der Waals surface area contributed by atoms with Crippen LogP contribution in [0.2, 0.25) is 0 Å². The molecule has 2 aliphatic heterocycles. The van der Waals surface area contributed by atoms with E-state index in [2.05, 4.69) is 94.7 Å². The number of benzene rings is 5. The number of nitrogens with two attached hydrogens (primary N) is 1. The molecule has 0 radical (unpaired) electrons. The van der Waals surface area contributed by atoms with Crippen LogP contribution in [0.5, 0.6) is 0 Å². The molecule has 4 N–H and O–H groups in total.